The van der Waals surface area contributed by atoms with Gasteiger partial charge in [0.1, 0.15) is 18.1 Å². The molecular weight excluding hydrogens is 226 g/mol. The van der Waals surface area contributed by atoms with Crippen molar-refractivity contribution in [1.82, 2.24) is 5.32 Å². The molecule has 1 aromatic rings. The van der Waals surface area contributed by atoms with Crippen LogP contribution in [0.15, 0.2) is 30.4 Å². The maximum Gasteiger partial charge on any atom is 0.127 e. The number of hydrogen-bond acceptors (Lipinski definition) is 3. The fourth-order valence-electron chi connectivity index (χ4n) is 1.58. The molecule has 1 aromatic carbocycles. The van der Waals surface area contributed by atoms with E-state index in [9.17, 15) is 0 Å². The monoisotopic (exact) mass is 249 g/mol. The maximum atomic E-state index is 5.74. The van der Waals surface area contributed by atoms with Gasteiger partial charge in [0, 0.05) is 18.2 Å². The Kier molecular flexibility index (Phi) is 6.96. The van der Waals surface area contributed by atoms with Crippen molar-refractivity contribution in [2.45, 2.75) is 26.8 Å². The molecular formula is C15H23NO2. The first-order valence-electron chi connectivity index (χ1n) is 6.43. The number of methoxy groups -OCH3 is 1. The van der Waals surface area contributed by atoms with E-state index in [-0.39, 0.29) is 0 Å². The topological polar surface area (TPSA) is 30.5 Å². The van der Waals surface area contributed by atoms with Gasteiger partial charge in [-0.25, -0.2) is 0 Å². The Bertz CT molecular complexity index is 375. The second-order valence-corrected chi connectivity index (χ2v) is 4.03. The highest BCUT2D eigenvalue weighted by Gasteiger charge is 2.05. The van der Waals surface area contributed by atoms with E-state index in [4.69, 9.17) is 9.47 Å². The van der Waals surface area contributed by atoms with Crippen LogP contribution < -0.4 is 14.8 Å². The van der Waals surface area contributed by atoms with E-state index < -0.39 is 0 Å². The summed E-state index contributed by atoms with van der Waals surface area (Å²) in [5.41, 5.74) is 1.16. The van der Waals surface area contributed by atoms with Crippen LogP contribution in [0.1, 0.15) is 25.8 Å². The third-order valence-electron chi connectivity index (χ3n) is 2.59. The SMILES string of the molecule is CC=CCOc1cc(OC)ccc1CNCCC. The summed E-state index contributed by atoms with van der Waals surface area (Å²) in [6, 6.07) is 5.95. The Morgan fingerprint density at radius 1 is 1.33 bits per heavy atom. The molecule has 0 amide bonds. The molecule has 0 aliphatic heterocycles. The zero-order chi connectivity index (χ0) is 13.2. The van der Waals surface area contributed by atoms with Crippen molar-refractivity contribution >= 4 is 0 Å². The summed E-state index contributed by atoms with van der Waals surface area (Å²) in [5, 5.41) is 3.38. The van der Waals surface area contributed by atoms with Crippen molar-refractivity contribution in [2.75, 3.05) is 20.3 Å². The fraction of sp³-hybridized carbons (Fsp3) is 0.467. The predicted molar refractivity (Wildman–Crippen MR) is 75.3 cm³/mol. The molecule has 0 aromatic heterocycles. The second kappa shape index (κ2) is 8.59. The van der Waals surface area contributed by atoms with Gasteiger partial charge >= 0.3 is 0 Å². The summed E-state index contributed by atoms with van der Waals surface area (Å²) < 4.78 is 11.0. The van der Waals surface area contributed by atoms with Gasteiger partial charge in [-0.3, -0.25) is 0 Å². The third kappa shape index (κ3) is 4.80. The summed E-state index contributed by atoms with van der Waals surface area (Å²) in [4.78, 5) is 0. The molecule has 0 radical (unpaired) electrons. The summed E-state index contributed by atoms with van der Waals surface area (Å²) >= 11 is 0. The number of rotatable bonds is 8. The third-order valence-corrected chi connectivity index (χ3v) is 2.59. The first-order chi connectivity index (χ1) is 8.81. The highest BCUT2D eigenvalue weighted by atomic mass is 16.5. The summed E-state index contributed by atoms with van der Waals surface area (Å²) in [7, 11) is 1.67. The quantitative estimate of drug-likeness (QED) is 0.567. The minimum absolute atomic E-state index is 0.588. The molecule has 0 aliphatic carbocycles. The van der Waals surface area contributed by atoms with E-state index in [1.165, 1.54) is 0 Å². The van der Waals surface area contributed by atoms with Gasteiger partial charge in [0.2, 0.25) is 0 Å². The molecule has 0 saturated carbocycles. The molecule has 0 unspecified atom stereocenters. The van der Waals surface area contributed by atoms with Crippen LogP contribution in [0, 0.1) is 0 Å². The molecule has 1 N–H and O–H groups in total. The van der Waals surface area contributed by atoms with E-state index in [1.54, 1.807) is 7.11 Å². The lowest BCUT2D eigenvalue weighted by atomic mass is 10.2. The number of benzene rings is 1. The van der Waals surface area contributed by atoms with Crippen LogP contribution in [0.25, 0.3) is 0 Å². The lowest BCUT2D eigenvalue weighted by Crippen LogP contribution is -2.14. The van der Waals surface area contributed by atoms with Crippen LogP contribution in [0.4, 0.5) is 0 Å². The van der Waals surface area contributed by atoms with Gasteiger partial charge in [0.05, 0.1) is 7.11 Å². The molecule has 0 spiro atoms. The van der Waals surface area contributed by atoms with Gasteiger partial charge in [-0.2, -0.15) is 0 Å². The van der Waals surface area contributed by atoms with E-state index in [0.29, 0.717) is 6.61 Å². The lowest BCUT2D eigenvalue weighted by Gasteiger charge is -2.12. The average Bonchev–Trinajstić information content (AvgIpc) is 2.40. The van der Waals surface area contributed by atoms with Gasteiger partial charge < -0.3 is 14.8 Å². The molecule has 0 heterocycles. The maximum absolute atomic E-state index is 5.74. The van der Waals surface area contributed by atoms with Crippen molar-refractivity contribution in [2.24, 2.45) is 0 Å². The normalized spacial score (nSPS) is 10.8. The van der Waals surface area contributed by atoms with Gasteiger partial charge in [0.25, 0.3) is 0 Å². The number of nitrogens with one attached hydrogen (secondary N) is 1. The van der Waals surface area contributed by atoms with E-state index in [2.05, 4.69) is 12.2 Å². The summed E-state index contributed by atoms with van der Waals surface area (Å²) in [5.74, 6) is 1.71. The highest BCUT2D eigenvalue weighted by Crippen LogP contribution is 2.24. The van der Waals surface area contributed by atoms with E-state index >= 15 is 0 Å². The molecule has 0 bridgehead atoms. The van der Waals surface area contributed by atoms with E-state index in [0.717, 1.165) is 36.6 Å². The largest absolute Gasteiger partial charge is 0.497 e. The van der Waals surface area contributed by atoms with Crippen molar-refractivity contribution in [3.8, 4) is 11.5 Å². The molecule has 0 saturated heterocycles. The highest BCUT2D eigenvalue weighted by molar-refractivity contribution is 5.40. The van der Waals surface area contributed by atoms with Crippen LogP contribution in [-0.4, -0.2) is 20.3 Å². The van der Waals surface area contributed by atoms with E-state index in [1.807, 2.05) is 37.3 Å². The Morgan fingerprint density at radius 3 is 2.83 bits per heavy atom. The first kappa shape index (κ1) is 14.6. The van der Waals surface area contributed by atoms with Crippen molar-refractivity contribution in [3.63, 3.8) is 0 Å². The Morgan fingerprint density at radius 2 is 2.17 bits per heavy atom. The van der Waals surface area contributed by atoms with Crippen LogP contribution in [0.5, 0.6) is 11.5 Å². The average molecular weight is 249 g/mol. The van der Waals surface area contributed by atoms with Gasteiger partial charge in [-0.1, -0.05) is 25.1 Å². The fourth-order valence-corrected chi connectivity index (χ4v) is 1.58. The zero-order valence-corrected chi connectivity index (χ0v) is 11.5. The molecule has 3 heteroatoms. The molecule has 3 nitrogen and oxygen atoms in total. The molecule has 18 heavy (non-hydrogen) atoms. The first-order valence-corrected chi connectivity index (χ1v) is 6.43. The Labute approximate surface area is 110 Å². The van der Waals surface area contributed by atoms with Crippen LogP contribution in [-0.2, 0) is 6.54 Å². The minimum atomic E-state index is 0.588. The van der Waals surface area contributed by atoms with Crippen LogP contribution in [0.2, 0.25) is 0 Å². The van der Waals surface area contributed by atoms with Crippen molar-refractivity contribution < 1.29 is 9.47 Å². The lowest BCUT2D eigenvalue weighted by molar-refractivity contribution is 0.351. The number of hydrogen-bond donors (Lipinski definition) is 1. The minimum Gasteiger partial charge on any atom is -0.497 e. The summed E-state index contributed by atoms with van der Waals surface area (Å²) in [6.07, 6.45) is 5.10. The van der Waals surface area contributed by atoms with Gasteiger partial charge in [-0.05, 0) is 26.0 Å². The summed E-state index contributed by atoms with van der Waals surface area (Å²) in [6.45, 7) is 6.57. The molecule has 0 atom stereocenters. The molecule has 1 rings (SSSR count). The van der Waals surface area contributed by atoms with Gasteiger partial charge in [-0.15, -0.1) is 0 Å². The molecule has 100 valence electrons. The Balaban J connectivity index is 2.72. The number of ether oxygens (including phenoxy) is 2. The Hall–Kier alpha value is -1.48. The molecule has 0 fully saturated rings. The molecule has 0 aliphatic rings. The zero-order valence-electron chi connectivity index (χ0n) is 11.5. The van der Waals surface area contributed by atoms with Crippen molar-refractivity contribution in [3.05, 3.63) is 35.9 Å². The second-order valence-electron chi connectivity index (χ2n) is 4.03. The van der Waals surface area contributed by atoms with Gasteiger partial charge in [0.15, 0.2) is 0 Å². The van der Waals surface area contributed by atoms with Crippen LogP contribution >= 0.6 is 0 Å². The smallest absolute Gasteiger partial charge is 0.127 e. The number of allylic oxidation sites excluding steroid dienone is 1. The van der Waals surface area contributed by atoms with Crippen molar-refractivity contribution in [1.29, 1.82) is 0 Å². The van der Waals surface area contributed by atoms with Crippen LogP contribution in [0.3, 0.4) is 0 Å². The predicted octanol–water partition coefficient (Wildman–Crippen LogP) is 3.15. The standard InChI is InChI=1S/C15H23NO2/c1-4-6-10-18-15-11-14(17-3)8-7-13(15)12-16-9-5-2/h4,6-8,11,16H,5,9-10,12H2,1-3H3.